The van der Waals surface area contributed by atoms with Crippen LogP contribution >= 0.6 is 11.6 Å². The van der Waals surface area contributed by atoms with Crippen molar-refractivity contribution < 1.29 is 23.5 Å². The maximum Gasteiger partial charge on any atom is 0.320 e. The molecule has 6 fully saturated rings. The van der Waals surface area contributed by atoms with Gasteiger partial charge >= 0.3 is 6.03 Å². The van der Waals surface area contributed by atoms with Gasteiger partial charge in [-0.2, -0.15) is 0 Å². The molecule has 6 aliphatic rings. The van der Waals surface area contributed by atoms with Crippen molar-refractivity contribution in [3.05, 3.63) is 12.7 Å². The maximum atomic E-state index is 15.9. The van der Waals surface area contributed by atoms with E-state index < -0.39 is 29.7 Å². The third-order valence-corrected chi connectivity index (χ3v) is 11.5. The van der Waals surface area contributed by atoms with E-state index in [9.17, 15) is 14.4 Å². The van der Waals surface area contributed by atoms with E-state index in [4.69, 9.17) is 16.3 Å². The molecule has 0 aromatic carbocycles. The Morgan fingerprint density at radius 3 is 2.68 bits per heavy atom. The molecule has 6 rings (SSSR count). The summed E-state index contributed by atoms with van der Waals surface area (Å²) >= 11 is 7.23. The van der Waals surface area contributed by atoms with E-state index in [1.807, 2.05) is 4.90 Å². The number of urea groups is 1. The lowest BCUT2D eigenvalue weighted by Crippen LogP contribution is -2.80. The van der Waals surface area contributed by atoms with Gasteiger partial charge in [0.05, 0.1) is 24.5 Å². The SMILES string of the molecule is C=CC(=O)N1CCN(C2NC(=O)N3C4NC(C(Cl)CC42)C2C(F)CCCC2NC(=O)COC2CCNC(C(C)C)C23)[C@@H](C)C1. The van der Waals surface area contributed by atoms with Crippen molar-refractivity contribution in [2.45, 2.75) is 113 Å². The first-order valence-corrected chi connectivity index (χ1v) is 17.0. The third kappa shape index (κ3) is 5.85. The van der Waals surface area contributed by atoms with Crippen molar-refractivity contribution >= 4 is 29.4 Å². The molecule has 4 N–H and O–H groups in total. The number of ether oxygens (including phenoxy) is 1. The second-order valence-electron chi connectivity index (χ2n) is 14.0. The van der Waals surface area contributed by atoms with Gasteiger partial charge < -0.3 is 30.5 Å². The molecule has 44 heavy (non-hydrogen) atoms. The zero-order valence-electron chi connectivity index (χ0n) is 26.1. The second kappa shape index (κ2) is 13.0. The highest BCUT2D eigenvalue weighted by molar-refractivity contribution is 6.21. The molecule has 1 saturated carbocycles. The number of amides is 4. The van der Waals surface area contributed by atoms with Gasteiger partial charge in [0.2, 0.25) is 11.8 Å². The van der Waals surface area contributed by atoms with Crippen LogP contribution in [0.15, 0.2) is 12.7 Å². The van der Waals surface area contributed by atoms with E-state index in [0.29, 0.717) is 51.7 Å². The van der Waals surface area contributed by atoms with E-state index in [1.54, 1.807) is 4.90 Å². The minimum absolute atomic E-state index is 0.00811. The number of piperidine rings is 2. The molecule has 5 heterocycles. The van der Waals surface area contributed by atoms with Crippen LogP contribution in [0.25, 0.3) is 0 Å². The first-order valence-electron chi connectivity index (χ1n) is 16.5. The van der Waals surface area contributed by atoms with E-state index in [1.165, 1.54) is 6.08 Å². The monoisotopic (exact) mass is 637 g/mol. The van der Waals surface area contributed by atoms with Gasteiger partial charge in [-0.15, -0.1) is 11.6 Å². The molecule has 4 amide bonds. The van der Waals surface area contributed by atoms with Gasteiger partial charge in [0, 0.05) is 61.0 Å². The van der Waals surface area contributed by atoms with Gasteiger partial charge in [0.25, 0.3) is 0 Å². The first-order chi connectivity index (χ1) is 21.1. The highest BCUT2D eigenvalue weighted by Crippen LogP contribution is 2.42. The molecule has 11 unspecified atom stereocenters. The van der Waals surface area contributed by atoms with Gasteiger partial charge in [0.1, 0.15) is 12.8 Å². The number of rotatable bonds is 3. The number of nitrogens with zero attached hydrogens (tertiary/aromatic N) is 3. The van der Waals surface area contributed by atoms with Crippen molar-refractivity contribution in [1.82, 2.24) is 36.0 Å². The highest BCUT2D eigenvalue weighted by Gasteiger charge is 2.57. The molecule has 11 nitrogen and oxygen atoms in total. The van der Waals surface area contributed by atoms with Crippen molar-refractivity contribution in [3.8, 4) is 0 Å². The minimum atomic E-state index is -1.13. The zero-order chi connectivity index (χ0) is 31.3. The van der Waals surface area contributed by atoms with Crippen LogP contribution in [-0.2, 0) is 14.3 Å². The van der Waals surface area contributed by atoms with Crippen LogP contribution in [0.2, 0.25) is 0 Å². The predicted octanol–water partition coefficient (Wildman–Crippen LogP) is 1.38. The summed E-state index contributed by atoms with van der Waals surface area (Å²) in [5.41, 5.74) is 0. The fraction of sp³-hybridized carbons (Fsp3) is 0.839. The summed E-state index contributed by atoms with van der Waals surface area (Å²) in [6.45, 7) is 12.2. The van der Waals surface area contributed by atoms with E-state index in [0.717, 1.165) is 6.54 Å². The van der Waals surface area contributed by atoms with Crippen LogP contribution in [0.4, 0.5) is 9.18 Å². The van der Waals surface area contributed by atoms with Gasteiger partial charge in [-0.3, -0.25) is 19.8 Å². The maximum absolute atomic E-state index is 15.9. The number of piperazine rings is 1. The molecule has 0 radical (unpaired) electrons. The molecule has 0 aromatic rings. The number of hydrogen-bond acceptors (Lipinski definition) is 7. The quantitative estimate of drug-likeness (QED) is 0.273. The van der Waals surface area contributed by atoms with E-state index >= 15 is 4.39 Å². The van der Waals surface area contributed by atoms with Gasteiger partial charge in [-0.25, -0.2) is 9.18 Å². The Labute approximate surface area is 265 Å². The second-order valence-corrected chi connectivity index (χ2v) is 14.5. The van der Waals surface area contributed by atoms with Crippen LogP contribution in [0.3, 0.4) is 0 Å². The minimum Gasteiger partial charge on any atom is -0.366 e. The Balaban J connectivity index is 1.39. The molecule has 12 atom stereocenters. The summed E-state index contributed by atoms with van der Waals surface area (Å²) < 4.78 is 22.2. The van der Waals surface area contributed by atoms with Gasteiger partial charge in [-0.1, -0.05) is 20.4 Å². The van der Waals surface area contributed by atoms with Gasteiger partial charge in [0.15, 0.2) is 0 Å². The number of fused-ring (bicyclic) bond motifs is 5. The Morgan fingerprint density at radius 2 is 1.95 bits per heavy atom. The summed E-state index contributed by atoms with van der Waals surface area (Å²) in [5.74, 6) is -0.789. The van der Waals surface area contributed by atoms with E-state index in [2.05, 4.69) is 53.5 Å². The molecular weight excluding hydrogens is 589 g/mol. The standard InChI is InChI=1S/C31H49ClFN7O4/c1-5-24(42)38-11-12-39(17(4)14-38)29-18-13-19(32)27-25-20(33)7-6-8-21(25)35-23(41)15-44-22-9-10-34-26(16(2)3)28(22)40(30(18)36-27)31(43)37-29/h5,16-22,25-30,34,36H,1,6-15H2,2-4H3,(H,35,41)(H,37,43)/t17-,18?,19?,20?,21?,22?,25?,26?,27?,28?,29?,30?/m0/s1. The summed E-state index contributed by atoms with van der Waals surface area (Å²) in [6, 6.07) is -1.44. The normalized spacial score (nSPS) is 43.5. The Kier molecular flexibility index (Phi) is 9.46. The Morgan fingerprint density at radius 1 is 1.16 bits per heavy atom. The largest absolute Gasteiger partial charge is 0.366 e. The Hall–Kier alpha value is -1.99. The predicted molar refractivity (Wildman–Crippen MR) is 165 cm³/mol. The zero-order valence-corrected chi connectivity index (χ0v) is 26.8. The molecule has 1 aliphatic carbocycles. The Bertz CT molecular complexity index is 1120. The smallest absolute Gasteiger partial charge is 0.320 e. The van der Waals surface area contributed by atoms with E-state index in [-0.39, 0.29) is 72.7 Å². The number of halogens is 2. The van der Waals surface area contributed by atoms with Crippen LogP contribution in [-0.4, -0.2) is 126 Å². The number of nitrogens with one attached hydrogen (secondary N) is 4. The number of carbonyl (C=O) groups excluding carboxylic acids is 3. The lowest BCUT2D eigenvalue weighted by molar-refractivity contribution is -0.140. The molecular formula is C31H49ClFN7O4. The average molecular weight is 638 g/mol. The topological polar surface area (TPSA) is 118 Å². The lowest BCUT2D eigenvalue weighted by Gasteiger charge is -2.60. The van der Waals surface area contributed by atoms with Crippen LogP contribution in [0.1, 0.15) is 52.9 Å². The number of carbonyl (C=O) groups is 3. The molecule has 2 bridgehead atoms. The van der Waals surface area contributed by atoms with Crippen molar-refractivity contribution in [1.29, 1.82) is 0 Å². The summed E-state index contributed by atoms with van der Waals surface area (Å²) in [6.07, 6.45) is 2.13. The van der Waals surface area contributed by atoms with Crippen LogP contribution in [0.5, 0.6) is 0 Å². The number of alkyl halides is 2. The molecule has 5 aliphatic heterocycles. The fourth-order valence-electron chi connectivity index (χ4n) is 9.02. The summed E-state index contributed by atoms with van der Waals surface area (Å²) in [7, 11) is 0. The first kappa shape index (κ1) is 32.0. The third-order valence-electron chi connectivity index (χ3n) is 11.1. The molecule has 0 aromatic heterocycles. The molecule has 0 spiro atoms. The van der Waals surface area contributed by atoms with Crippen molar-refractivity contribution in [2.75, 3.05) is 32.8 Å². The highest BCUT2D eigenvalue weighted by atomic mass is 35.5. The fourth-order valence-corrected chi connectivity index (χ4v) is 9.47. The summed E-state index contributed by atoms with van der Waals surface area (Å²) in [5, 5.41) is 13.4. The van der Waals surface area contributed by atoms with Gasteiger partial charge in [-0.05, 0) is 57.6 Å². The van der Waals surface area contributed by atoms with Crippen LogP contribution < -0.4 is 21.3 Å². The molecule has 13 heteroatoms. The average Bonchev–Trinajstić information content (AvgIpc) is 2.99. The lowest BCUT2D eigenvalue weighted by atomic mass is 9.72. The molecule has 5 saturated heterocycles. The number of hydrogen-bond donors (Lipinski definition) is 4. The summed E-state index contributed by atoms with van der Waals surface area (Å²) in [4.78, 5) is 45.9. The molecule has 246 valence electrons. The van der Waals surface area contributed by atoms with Crippen molar-refractivity contribution in [3.63, 3.8) is 0 Å². The van der Waals surface area contributed by atoms with Crippen molar-refractivity contribution in [2.24, 2.45) is 17.8 Å². The van der Waals surface area contributed by atoms with Crippen LogP contribution in [0, 0.1) is 17.8 Å².